The van der Waals surface area contributed by atoms with Crippen LogP contribution in [0.5, 0.6) is 5.75 Å². The minimum Gasteiger partial charge on any atom is -0.493 e. The van der Waals surface area contributed by atoms with E-state index in [4.69, 9.17) is 4.74 Å². The first-order valence-electron chi connectivity index (χ1n) is 7.44. The molecule has 0 aliphatic rings. The highest BCUT2D eigenvalue weighted by molar-refractivity contribution is 5.28. The number of aromatic nitrogens is 3. The molecule has 2 rings (SSSR count). The molecule has 0 fully saturated rings. The van der Waals surface area contributed by atoms with E-state index >= 15 is 0 Å². The first-order chi connectivity index (χ1) is 10.3. The highest BCUT2D eigenvalue weighted by Crippen LogP contribution is 2.27. The molecule has 1 atom stereocenters. The Kier molecular flexibility index (Phi) is 5.75. The highest BCUT2D eigenvalue weighted by atomic mass is 16.5. The van der Waals surface area contributed by atoms with Gasteiger partial charge < -0.3 is 10.1 Å². The molecule has 1 unspecified atom stereocenters. The predicted molar refractivity (Wildman–Crippen MR) is 83.4 cm³/mol. The third-order valence-corrected chi connectivity index (χ3v) is 3.58. The van der Waals surface area contributed by atoms with Crippen LogP contribution in [-0.2, 0) is 13.5 Å². The Bertz CT molecular complexity index is 538. The van der Waals surface area contributed by atoms with E-state index in [1.807, 2.05) is 24.0 Å². The van der Waals surface area contributed by atoms with Gasteiger partial charge in [-0.2, -0.15) is 5.10 Å². The van der Waals surface area contributed by atoms with E-state index in [1.165, 1.54) is 5.56 Å². The van der Waals surface area contributed by atoms with Crippen molar-refractivity contribution < 1.29 is 4.74 Å². The van der Waals surface area contributed by atoms with Gasteiger partial charge in [0, 0.05) is 19.4 Å². The average molecular weight is 288 g/mol. The molecule has 0 bridgehead atoms. The Balaban J connectivity index is 2.12. The van der Waals surface area contributed by atoms with Crippen LogP contribution in [0.3, 0.4) is 0 Å². The third-order valence-electron chi connectivity index (χ3n) is 3.58. The Morgan fingerprint density at radius 1 is 1.38 bits per heavy atom. The summed E-state index contributed by atoms with van der Waals surface area (Å²) in [5.74, 6) is 0.845. The Hall–Kier alpha value is -1.88. The van der Waals surface area contributed by atoms with Crippen LogP contribution in [0, 0.1) is 0 Å². The molecule has 0 aliphatic carbocycles. The fourth-order valence-electron chi connectivity index (χ4n) is 2.49. The van der Waals surface area contributed by atoms with Crippen molar-refractivity contribution in [2.45, 2.75) is 32.2 Å². The van der Waals surface area contributed by atoms with E-state index in [0.717, 1.165) is 37.3 Å². The van der Waals surface area contributed by atoms with Crippen molar-refractivity contribution in [2.75, 3.05) is 13.7 Å². The quantitative estimate of drug-likeness (QED) is 0.811. The van der Waals surface area contributed by atoms with Gasteiger partial charge in [0.15, 0.2) is 5.75 Å². The lowest BCUT2D eigenvalue weighted by atomic mass is 10.0. The van der Waals surface area contributed by atoms with Crippen molar-refractivity contribution in [3.8, 4) is 5.75 Å². The van der Waals surface area contributed by atoms with Crippen LogP contribution in [0.1, 0.15) is 37.1 Å². The molecule has 0 saturated carbocycles. The molecular formula is C16H24N4O. The van der Waals surface area contributed by atoms with Crippen molar-refractivity contribution in [1.82, 2.24) is 20.1 Å². The standard InChI is InChI=1S/C16H24N4O/c1-4-9-18-14(8-7-13-6-5-10-17-11-13)16-15(21-3)12-19-20(16)2/h5-6,10-12,14,18H,4,7-9H2,1-3H3. The van der Waals surface area contributed by atoms with Gasteiger partial charge in [0.25, 0.3) is 0 Å². The second kappa shape index (κ2) is 7.78. The van der Waals surface area contributed by atoms with Gasteiger partial charge in [-0.15, -0.1) is 0 Å². The van der Waals surface area contributed by atoms with Crippen LogP contribution in [0.25, 0.3) is 0 Å². The van der Waals surface area contributed by atoms with Gasteiger partial charge in [-0.1, -0.05) is 13.0 Å². The Labute approximate surface area is 126 Å². The lowest BCUT2D eigenvalue weighted by Crippen LogP contribution is -2.25. The lowest BCUT2D eigenvalue weighted by molar-refractivity contribution is 0.388. The molecule has 21 heavy (non-hydrogen) atoms. The fourth-order valence-corrected chi connectivity index (χ4v) is 2.49. The van der Waals surface area contributed by atoms with E-state index in [2.05, 4.69) is 28.4 Å². The number of pyridine rings is 1. The topological polar surface area (TPSA) is 52.0 Å². The SMILES string of the molecule is CCCNC(CCc1cccnc1)c1c(OC)cnn1C. The van der Waals surface area contributed by atoms with Crippen LogP contribution in [0.15, 0.2) is 30.7 Å². The molecule has 1 N–H and O–H groups in total. The molecule has 0 aromatic carbocycles. The van der Waals surface area contributed by atoms with Crippen molar-refractivity contribution in [3.63, 3.8) is 0 Å². The summed E-state index contributed by atoms with van der Waals surface area (Å²) in [4.78, 5) is 4.18. The smallest absolute Gasteiger partial charge is 0.161 e. The molecule has 5 heteroatoms. The van der Waals surface area contributed by atoms with Gasteiger partial charge >= 0.3 is 0 Å². The van der Waals surface area contributed by atoms with Gasteiger partial charge in [-0.05, 0) is 37.4 Å². The molecule has 2 heterocycles. The molecule has 2 aromatic heterocycles. The zero-order valence-corrected chi connectivity index (χ0v) is 13.0. The summed E-state index contributed by atoms with van der Waals surface area (Å²) in [5, 5.41) is 7.91. The highest BCUT2D eigenvalue weighted by Gasteiger charge is 2.20. The summed E-state index contributed by atoms with van der Waals surface area (Å²) in [5.41, 5.74) is 2.36. The van der Waals surface area contributed by atoms with Crippen LogP contribution in [0.2, 0.25) is 0 Å². The van der Waals surface area contributed by atoms with Crippen molar-refractivity contribution >= 4 is 0 Å². The molecule has 0 aliphatic heterocycles. The van der Waals surface area contributed by atoms with E-state index < -0.39 is 0 Å². The third kappa shape index (κ3) is 4.04. The number of methoxy groups -OCH3 is 1. The monoisotopic (exact) mass is 288 g/mol. The zero-order chi connectivity index (χ0) is 15.1. The maximum Gasteiger partial charge on any atom is 0.161 e. The summed E-state index contributed by atoms with van der Waals surface area (Å²) in [7, 11) is 3.65. The number of hydrogen-bond donors (Lipinski definition) is 1. The fraction of sp³-hybridized carbons (Fsp3) is 0.500. The Morgan fingerprint density at radius 2 is 2.24 bits per heavy atom. The van der Waals surface area contributed by atoms with Crippen LogP contribution in [0.4, 0.5) is 0 Å². The van der Waals surface area contributed by atoms with Crippen molar-refractivity contribution in [2.24, 2.45) is 7.05 Å². The number of aryl methyl sites for hydroxylation is 2. The maximum atomic E-state index is 5.44. The van der Waals surface area contributed by atoms with Gasteiger partial charge in [0.05, 0.1) is 25.0 Å². The molecule has 0 saturated heterocycles. The molecular weight excluding hydrogens is 264 g/mol. The number of rotatable bonds is 8. The van der Waals surface area contributed by atoms with Crippen LogP contribution in [-0.4, -0.2) is 28.4 Å². The van der Waals surface area contributed by atoms with Gasteiger partial charge in [0.2, 0.25) is 0 Å². The Morgan fingerprint density at radius 3 is 2.90 bits per heavy atom. The largest absolute Gasteiger partial charge is 0.493 e. The van der Waals surface area contributed by atoms with Crippen molar-refractivity contribution in [3.05, 3.63) is 42.0 Å². The molecule has 114 valence electrons. The summed E-state index contributed by atoms with van der Waals surface area (Å²) in [6.45, 7) is 3.15. The average Bonchev–Trinajstić information content (AvgIpc) is 2.89. The minimum atomic E-state index is 0.229. The normalized spacial score (nSPS) is 12.3. The van der Waals surface area contributed by atoms with E-state index in [-0.39, 0.29) is 6.04 Å². The lowest BCUT2D eigenvalue weighted by Gasteiger charge is -2.20. The minimum absolute atomic E-state index is 0.229. The zero-order valence-electron chi connectivity index (χ0n) is 13.0. The summed E-state index contributed by atoms with van der Waals surface area (Å²) in [6, 6.07) is 4.33. The van der Waals surface area contributed by atoms with Crippen LogP contribution >= 0.6 is 0 Å². The molecule has 0 spiro atoms. The van der Waals surface area contributed by atoms with E-state index in [0.29, 0.717) is 0 Å². The summed E-state index contributed by atoms with van der Waals surface area (Å²) >= 11 is 0. The number of hydrogen-bond acceptors (Lipinski definition) is 4. The van der Waals surface area contributed by atoms with Crippen LogP contribution < -0.4 is 10.1 Å². The molecule has 5 nitrogen and oxygen atoms in total. The van der Waals surface area contributed by atoms with Gasteiger partial charge in [0.1, 0.15) is 0 Å². The second-order valence-corrected chi connectivity index (χ2v) is 5.13. The number of nitrogens with one attached hydrogen (secondary N) is 1. The van der Waals surface area contributed by atoms with Gasteiger partial charge in [-0.25, -0.2) is 0 Å². The summed E-state index contributed by atoms with van der Waals surface area (Å²) in [6.07, 6.45) is 8.58. The maximum absolute atomic E-state index is 5.44. The predicted octanol–water partition coefficient (Wildman–Crippen LogP) is 2.50. The first kappa shape index (κ1) is 15.5. The molecule has 2 aromatic rings. The molecule has 0 radical (unpaired) electrons. The second-order valence-electron chi connectivity index (χ2n) is 5.13. The summed E-state index contributed by atoms with van der Waals surface area (Å²) < 4.78 is 7.34. The van der Waals surface area contributed by atoms with E-state index in [9.17, 15) is 0 Å². The number of nitrogens with zero attached hydrogens (tertiary/aromatic N) is 3. The molecule has 0 amide bonds. The first-order valence-corrected chi connectivity index (χ1v) is 7.44. The van der Waals surface area contributed by atoms with E-state index in [1.54, 1.807) is 19.5 Å². The van der Waals surface area contributed by atoms with Gasteiger partial charge in [-0.3, -0.25) is 9.67 Å². The van der Waals surface area contributed by atoms with Crippen molar-refractivity contribution in [1.29, 1.82) is 0 Å². The number of ether oxygens (including phenoxy) is 1.